The van der Waals surface area contributed by atoms with E-state index in [1.165, 1.54) is 22.9 Å². The third kappa shape index (κ3) is 3.14. The minimum absolute atomic E-state index is 0.0745. The van der Waals surface area contributed by atoms with Gasteiger partial charge in [-0.05, 0) is 49.6 Å². The molecular formula is C17H19N3OS. The van der Waals surface area contributed by atoms with E-state index in [1.807, 2.05) is 19.2 Å². The first-order valence-electron chi connectivity index (χ1n) is 7.45. The van der Waals surface area contributed by atoms with Gasteiger partial charge in [-0.15, -0.1) is 0 Å². The van der Waals surface area contributed by atoms with E-state index >= 15 is 0 Å². The van der Waals surface area contributed by atoms with Crippen LogP contribution < -0.4 is 5.32 Å². The third-order valence-electron chi connectivity index (χ3n) is 3.92. The molecule has 1 unspecified atom stereocenters. The van der Waals surface area contributed by atoms with Crippen LogP contribution >= 0.6 is 11.8 Å². The summed E-state index contributed by atoms with van der Waals surface area (Å²) in [6.07, 6.45) is 5.07. The molecule has 1 aromatic heterocycles. The fraction of sp³-hybridized carbons (Fsp3) is 0.353. The second-order valence-electron chi connectivity index (χ2n) is 5.50. The van der Waals surface area contributed by atoms with Gasteiger partial charge in [0.25, 0.3) is 5.91 Å². The summed E-state index contributed by atoms with van der Waals surface area (Å²) in [5.41, 5.74) is 3.83. The minimum atomic E-state index is -0.123. The number of rotatable bonds is 3. The highest BCUT2D eigenvalue weighted by Gasteiger charge is 2.22. The fourth-order valence-corrected chi connectivity index (χ4v) is 3.31. The van der Waals surface area contributed by atoms with Gasteiger partial charge in [0.05, 0.1) is 6.04 Å². The second-order valence-corrected chi connectivity index (χ2v) is 6.27. The Bertz CT molecular complexity index is 702. The van der Waals surface area contributed by atoms with Crippen molar-refractivity contribution in [2.45, 2.75) is 37.4 Å². The molecule has 0 saturated carbocycles. The molecule has 0 fully saturated rings. The number of nitrogens with zero attached hydrogens (tertiary/aromatic N) is 2. The Morgan fingerprint density at radius 3 is 2.95 bits per heavy atom. The summed E-state index contributed by atoms with van der Waals surface area (Å²) in [4.78, 5) is 21.1. The van der Waals surface area contributed by atoms with Crippen LogP contribution in [-0.2, 0) is 6.42 Å². The van der Waals surface area contributed by atoms with Gasteiger partial charge in [0, 0.05) is 5.69 Å². The average Bonchev–Trinajstić information content (AvgIpc) is 2.54. The summed E-state index contributed by atoms with van der Waals surface area (Å²) in [6.45, 7) is 1.88. The van der Waals surface area contributed by atoms with Crippen LogP contribution in [0.5, 0.6) is 0 Å². The van der Waals surface area contributed by atoms with Crippen molar-refractivity contribution in [1.82, 2.24) is 15.3 Å². The number of hydrogen-bond acceptors (Lipinski definition) is 4. The molecule has 1 aliphatic carbocycles. The molecule has 0 aliphatic heterocycles. The lowest BCUT2D eigenvalue weighted by Gasteiger charge is -2.26. The van der Waals surface area contributed by atoms with Crippen molar-refractivity contribution < 1.29 is 4.79 Å². The Labute approximate surface area is 134 Å². The maximum atomic E-state index is 12.5. The predicted molar refractivity (Wildman–Crippen MR) is 88.1 cm³/mol. The van der Waals surface area contributed by atoms with E-state index in [0.717, 1.165) is 25.0 Å². The molecule has 0 bridgehead atoms. The van der Waals surface area contributed by atoms with E-state index < -0.39 is 0 Å². The summed E-state index contributed by atoms with van der Waals surface area (Å²) in [6, 6.07) is 10.2. The molecule has 1 N–H and O–H groups in total. The zero-order chi connectivity index (χ0) is 15.5. The lowest BCUT2D eigenvalue weighted by atomic mass is 9.87. The van der Waals surface area contributed by atoms with Gasteiger partial charge in [0.1, 0.15) is 5.69 Å². The highest BCUT2D eigenvalue weighted by Crippen LogP contribution is 2.29. The van der Waals surface area contributed by atoms with Crippen molar-refractivity contribution in [3.05, 3.63) is 52.8 Å². The Balaban J connectivity index is 1.82. The van der Waals surface area contributed by atoms with Crippen molar-refractivity contribution in [1.29, 1.82) is 0 Å². The number of benzene rings is 1. The van der Waals surface area contributed by atoms with Crippen molar-refractivity contribution >= 4 is 17.7 Å². The van der Waals surface area contributed by atoms with Crippen LogP contribution in [0.2, 0.25) is 0 Å². The van der Waals surface area contributed by atoms with Crippen LogP contribution in [0.25, 0.3) is 0 Å². The molecule has 1 heterocycles. The van der Waals surface area contributed by atoms with E-state index in [9.17, 15) is 4.79 Å². The second kappa shape index (κ2) is 6.48. The van der Waals surface area contributed by atoms with Crippen molar-refractivity contribution in [2.24, 2.45) is 0 Å². The first-order valence-corrected chi connectivity index (χ1v) is 8.68. The molecule has 1 aliphatic rings. The standard InChI is InChI=1S/C17H19N3OS/c1-11-10-15(20-17(18-11)22-2)16(21)19-14-9-5-7-12-6-3-4-8-13(12)14/h3-4,6,8,10,14H,5,7,9H2,1-2H3,(H,19,21). The maximum Gasteiger partial charge on any atom is 0.270 e. The molecule has 0 saturated heterocycles. The molecule has 3 rings (SSSR count). The fourth-order valence-electron chi connectivity index (χ4n) is 2.88. The normalized spacial score (nSPS) is 16.9. The number of carbonyl (C=O) groups excluding carboxylic acids is 1. The van der Waals surface area contributed by atoms with Gasteiger partial charge in [-0.3, -0.25) is 4.79 Å². The van der Waals surface area contributed by atoms with Crippen molar-refractivity contribution in [3.8, 4) is 0 Å². The number of thioether (sulfide) groups is 1. The number of hydrogen-bond donors (Lipinski definition) is 1. The molecule has 1 atom stereocenters. The molecule has 114 valence electrons. The van der Waals surface area contributed by atoms with Crippen LogP contribution in [0.3, 0.4) is 0 Å². The van der Waals surface area contributed by atoms with Gasteiger partial charge in [-0.25, -0.2) is 9.97 Å². The van der Waals surface area contributed by atoms with Gasteiger partial charge < -0.3 is 5.32 Å². The summed E-state index contributed by atoms with van der Waals surface area (Å²) in [5.74, 6) is -0.123. The van der Waals surface area contributed by atoms with Gasteiger partial charge in [-0.2, -0.15) is 0 Å². The molecule has 4 nitrogen and oxygen atoms in total. The van der Waals surface area contributed by atoms with Crippen LogP contribution in [-0.4, -0.2) is 22.1 Å². The summed E-state index contributed by atoms with van der Waals surface area (Å²) >= 11 is 1.45. The Hall–Kier alpha value is -1.88. The number of aryl methyl sites for hydroxylation is 2. The van der Waals surface area contributed by atoms with E-state index in [4.69, 9.17) is 0 Å². The number of carbonyl (C=O) groups is 1. The van der Waals surface area contributed by atoms with Gasteiger partial charge in [-0.1, -0.05) is 36.0 Å². The third-order valence-corrected chi connectivity index (χ3v) is 4.47. The topological polar surface area (TPSA) is 54.9 Å². The van der Waals surface area contributed by atoms with Gasteiger partial charge in [0.15, 0.2) is 5.16 Å². The number of nitrogens with one attached hydrogen (secondary N) is 1. The highest BCUT2D eigenvalue weighted by molar-refractivity contribution is 7.98. The van der Waals surface area contributed by atoms with Crippen molar-refractivity contribution in [2.75, 3.05) is 6.26 Å². The number of amides is 1. The summed E-state index contributed by atoms with van der Waals surface area (Å²) in [5, 5.41) is 3.76. The Morgan fingerprint density at radius 2 is 2.14 bits per heavy atom. The van der Waals surface area contributed by atoms with Gasteiger partial charge >= 0.3 is 0 Å². The molecule has 2 aromatic rings. The minimum Gasteiger partial charge on any atom is -0.344 e. The van der Waals surface area contributed by atoms with Crippen LogP contribution in [0.15, 0.2) is 35.5 Å². The SMILES string of the molecule is CSc1nc(C)cc(C(=O)NC2CCCc3ccccc32)n1. The smallest absolute Gasteiger partial charge is 0.270 e. The number of aromatic nitrogens is 2. The Kier molecular flexibility index (Phi) is 4.43. The molecule has 5 heteroatoms. The van der Waals surface area contributed by atoms with Crippen LogP contribution in [0.1, 0.15) is 46.2 Å². The monoisotopic (exact) mass is 313 g/mol. The zero-order valence-electron chi connectivity index (χ0n) is 12.8. The molecule has 1 aromatic carbocycles. The van der Waals surface area contributed by atoms with Gasteiger partial charge in [0.2, 0.25) is 0 Å². The first-order chi connectivity index (χ1) is 10.7. The summed E-state index contributed by atoms with van der Waals surface area (Å²) in [7, 11) is 0. The van der Waals surface area contributed by atoms with Crippen LogP contribution in [0, 0.1) is 6.92 Å². The van der Waals surface area contributed by atoms with E-state index in [-0.39, 0.29) is 11.9 Å². The molecule has 22 heavy (non-hydrogen) atoms. The lowest BCUT2D eigenvalue weighted by molar-refractivity contribution is 0.0926. The Morgan fingerprint density at radius 1 is 1.32 bits per heavy atom. The van der Waals surface area contributed by atoms with E-state index in [2.05, 4.69) is 33.5 Å². The zero-order valence-corrected chi connectivity index (χ0v) is 13.6. The molecule has 1 amide bonds. The molecule has 0 spiro atoms. The molecule has 0 radical (unpaired) electrons. The maximum absolute atomic E-state index is 12.5. The summed E-state index contributed by atoms with van der Waals surface area (Å²) < 4.78 is 0. The number of fused-ring (bicyclic) bond motifs is 1. The quantitative estimate of drug-likeness (QED) is 0.697. The highest BCUT2D eigenvalue weighted by atomic mass is 32.2. The molecular weight excluding hydrogens is 294 g/mol. The van der Waals surface area contributed by atoms with Crippen molar-refractivity contribution in [3.63, 3.8) is 0 Å². The largest absolute Gasteiger partial charge is 0.344 e. The van der Waals surface area contributed by atoms with E-state index in [1.54, 1.807) is 6.07 Å². The average molecular weight is 313 g/mol. The first kappa shape index (κ1) is 15.0. The van der Waals surface area contributed by atoms with E-state index in [0.29, 0.717) is 10.9 Å². The lowest BCUT2D eigenvalue weighted by Crippen LogP contribution is -2.31. The van der Waals surface area contributed by atoms with Crippen LogP contribution in [0.4, 0.5) is 0 Å². The predicted octanol–water partition coefficient (Wildman–Crippen LogP) is 3.31.